The van der Waals surface area contributed by atoms with E-state index in [1.807, 2.05) is 0 Å². The largest absolute Gasteiger partial charge is 0.351 e. The van der Waals surface area contributed by atoms with E-state index in [1.165, 1.54) is 11.9 Å². The molecule has 0 saturated carbocycles. The SMILES string of the molecule is CN(C(N)=O)c1ccc(Cl)cc1Cl. The molecule has 0 aliphatic rings. The Morgan fingerprint density at radius 2 is 2.08 bits per heavy atom. The van der Waals surface area contributed by atoms with Crippen molar-refractivity contribution in [3.05, 3.63) is 28.2 Å². The van der Waals surface area contributed by atoms with Gasteiger partial charge in [0.1, 0.15) is 0 Å². The van der Waals surface area contributed by atoms with Crippen molar-refractivity contribution >= 4 is 34.9 Å². The number of carbonyl (C=O) groups is 1. The molecule has 1 aromatic carbocycles. The Balaban J connectivity index is 3.08. The number of anilines is 1. The van der Waals surface area contributed by atoms with Crippen LogP contribution in [0.15, 0.2) is 18.2 Å². The Morgan fingerprint density at radius 1 is 1.46 bits per heavy atom. The highest BCUT2D eigenvalue weighted by molar-refractivity contribution is 6.36. The summed E-state index contributed by atoms with van der Waals surface area (Å²) in [4.78, 5) is 12.0. The first kappa shape index (κ1) is 10.2. The number of rotatable bonds is 1. The number of hydrogen-bond acceptors (Lipinski definition) is 1. The second-order valence-electron chi connectivity index (χ2n) is 2.49. The molecule has 0 bridgehead atoms. The third-order valence-corrected chi connectivity index (χ3v) is 2.14. The van der Waals surface area contributed by atoms with Crippen molar-refractivity contribution in [3.63, 3.8) is 0 Å². The van der Waals surface area contributed by atoms with Crippen molar-refractivity contribution in [2.45, 2.75) is 0 Å². The minimum Gasteiger partial charge on any atom is -0.351 e. The molecule has 0 aliphatic heterocycles. The Morgan fingerprint density at radius 3 is 2.54 bits per heavy atom. The molecule has 0 spiro atoms. The van der Waals surface area contributed by atoms with Crippen LogP contribution in [0.3, 0.4) is 0 Å². The Hall–Kier alpha value is -0.930. The lowest BCUT2D eigenvalue weighted by atomic mass is 10.3. The first-order chi connectivity index (χ1) is 6.02. The predicted molar refractivity (Wildman–Crippen MR) is 54.4 cm³/mol. The summed E-state index contributed by atoms with van der Waals surface area (Å²) in [6, 6.07) is 4.26. The third-order valence-electron chi connectivity index (χ3n) is 1.60. The van der Waals surface area contributed by atoms with Gasteiger partial charge in [0, 0.05) is 12.1 Å². The highest BCUT2D eigenvalue weighted by atomic mass is 35.5. The normalized spacial score (nSPS) is 9.77. The molecular formula is C8H8Cl2N2O. The maximum atomic E-state index is 10.8. The predicted octanol–water partition coefficient (Wildman–Crippen LogP) is 2.51. The van der Waals surface area contributed by atoms with E-state index in [-0.39, 0.29) is 0 Å². The van der Waals surface area contributed by atoms with Crippen LogP contribution in [0.2, 0.25) is 10.0 Å². The summed E-state index contributed by atoms with van der Waals surface area (Å²) in [5.74, 6) is 0. The van der Waals surface area contributed by atoms with Crippen molar-refractivity contribution in [2.75, 3.05) is 11.9 Å². The fourth-order valence-electron chi connectivity index (χ4n) is 0.872. The van der Waals surface area contributed by atoms with Crippen LogP contribution < -0.4 is 10.6 Å². The minimum absolute atomic E-state index is 0.397. The van der Waals surface area contributed by atoms with Crippen molar-refractivity contribution in [1.82, 2.24) is 0 Å². The molecule has 0 radical (unpaired) electrons. The lowest BCUT2D eigenvalue weighted by Crippen LogP contribution is -2.31. The highest BCUT2D eigenvalue weighted by Gasteiger charge is 2.10. The van der Waals surface area contributed by atoms with Crippen molar-refractivity contribution in [3.8, 4) is 0 Å². The van der Waals surface area contributed by atoms with Gasteiger partial charge in [-0.2, -0.15) is 0 Å². The number of nitrogens with two attached hydrogens (primary N) is 1. The number of urea groups is 1. The number of nitrogens with zero attached hydrogens (tertiary/aromatic N) is 1. The molecule has 0 fully saturated rings. The molecule has 0 unspecified atom stereocenters. The van der Waals surface area contributed by atoms with E-state index in [0.717, 1.165) is 0 Å². The van der Waals surface area contributed by atoms with E-state index in [2.05, 4.69) is 0 Å². The maximum absolute atomic E-state index is 10.8. The molecule has 2 amide bonds. The van der Waals surface area contributed by atoms with Gasteiger partial charge in [-0.3, -0.25) is 4.90 Å². The van der Waals surface area contributed by atoms with Gasteiger partial charge in [-0.1, -0.05) is 23.2 Å². The minimum atomic E-state index is -0.566. The lowest BCUT2D eigenvalue weighted by molar-refractivity contribution is 0.255. The van der Waals surface area contributed by atoms with Gasteiger partial charge in [0.05, 0.1) is 10.7 Å². The van der Waals surface area contributed by atoms with E-state index in [1.54, 1.807) is 18.2 Å². The monoisotopic (exact) mass is 218 g/mol. The molecule has 13 heavy (non-hydrogen) atoms. The number of benzene rings is 1. The molecule has 70 valence electrons. The molecule has 0 aliphatic carbocycles. The van der Waals surface area contributed by atoms with Crippen LogP contribution in [-0.4, -0.2) is 13.1 Å². The summed E-state index contributed by atoms with van der Waals surface area (Å²) < 4.78 is 0. The maximum Gasteiger partial charge on any atom is 0.319 e. The number of primary amides is 1. The van der Waals surface area contributed by atoms with E-state index in [0.29, 0.717) is 15.7 Å². The molecule has 0 aromatic heterocycles. The standard InChI is InChI=1S/C8H8Cl2N2O/c1-12(8(11)13)7-3-2-5(9)4-6(7)10/h2-4H,1H3,(H2,11,13). The van der Waals surface area contributed by atoms with Crippen LogP contribution in [0, 0.1) is 0 Å². The molecule has 0 heterocycles. The van der Waals surface area contributed by atoms with Crippen LogP contribution >= 0.6 is 23.2 Å². The van der Waals surface area contributed by atoms with Gasteiger partial charge < -0.3 is 5.73 Å². The summed E-state index contributed by atoms with van der Waals surface area (Å²) in [7, 11) is 1.54. The Labute approximate surface area is 86.0 Å². The highest BCUT2D eigenvalue weighted by Crippen LogP contribution is 2.27. The molecule has 0 saturated heterocycles. The molecule has 1 rings (SSSR count). The summed E-state index contributed by atoms with van der Waals surface area (Å²) in [5, 5.41) is 0.917. The van der Waals surface area contributed by atoms with Crippen LogP contribution in [0.1, 0.15) is 0 Å². The molecule has 0 atom stereocenters. The fraction of sp³-hybridized carbons (Fsp3) is 0.125. The molecular weight excluding hydrogens is 211 g/mol. The topological polar surface area (TPSA) is 46.3 Å². The quantitative estimate of drug-likeness (QED) is 0.774. The van der Waals surface area contributed by atoms with E-state index in [9.17, 15) is 4.79 Å². The number of amides is 2. The van der Waals surface area contributed by atoms with Crippen molar-refractivity contribution in [2.24, 2.45) is 5.73 Å². The second-order valence-corrected chi connectivity index (χ2v) is 3.34. The Kier molecular flexibility index (Phi) is 3.01. The van der Waals surface area contributed by atoms with Gasteiger partial charge in [-0.25, -0.2) is 4.79 Å². The van der Waals surface area contributed by atoms with Crippen LogP contribution in [0.5, 0.6) is 0 Å². The summed E-state index contributed by atoms with van der Waals surface area (Å²) in [5.41, 5.74) is 5.61. The van der Waals surface area contributed by atoms with Crippen LogP contribution in [0.4, 0.5) is 10.5 Å². The fourth-order valence-corrected chi connectivity index (χ4v) is 1.41. The zero-order chi connectivity index (χ0) is 10.0. The summed E-state index contributed by atoms with van der Waals surface area (Å²) >= 11 is 11.5. The molecule has 3 nitrogen and oxygen atoms in total. The average Bonchev–Trinajstić information content (AvgIpc) is 2.03. The van der Waals surface area contributed by atoms with Crippen molar-refractivity contribution in [1.29, 1.82) is 0 Å². The zero-order valence-corrected chi connectivity index (χ0v) is 8.43. The third kappa shape index (κ3) is 2.26. The number of hydrogen-bond donors (Lipinski definition) is 1. The van der Waals surface area contributed by atoms with Crippen molar-refractivity contribution < 1.29 is 4.79 Å². The van der Waals surface area contributed by atoms with Gasteiger partial charge in [-0.05, 0) is 18.2 Å². The molecule has 1 aromatic rings. The van der Waals surface area contributed by atoms with Gasteiger partial charge in [0.25, 0.3) is 0 Å². The van der Waals surface area contributed by atoms with Crippen LogP contribution in [-0.2, 0) is 0 Å². The first-order valence-electron chi connectivity index (χ1n) is 3.50. The van der Waals surface area contributed by atoms with E-state index >= 15 is 0 Å². The van der Waals surface area contributed by atoms with Gasteiger partial charge in [0.2, 0.25) is 0 Å². The smallest absolute Gasteiger partial charge is 0.319 e. The van der Waals surface area contributed by atoms with E-state index in [4.69, 9.17) is 28.9 Å². The second kappa shape index (κ2) is 3.85. The molecule has 2 N–H and O–H groups in total. The first-order valence-corrected chi connectivity index (χ1v) is 4.26. The number of halogens is 2. The van der Waals surface area contributed by atoms with Gasteiger partial charge >= 0.3 is 6.03 Å². The summed E-state index contributed by atoms with van der Waals surface area (Å²) in [6.07, 6.45) is 0. The van der Waals surface area contributed by atoms with E-state index < -0.39 is 6.03 Å². The summed E-state index contributed by atoms with van der Waals surface area (Å²) in [6.45, 7) is 0. The number of carbonyl (C=O) groups excluding carboxylic acids is 1. The lowest BCUT2D eigenvalue weighted by Gasteiger charge is -2.15. The van der Waals surface area contributed by atoms with Crippen LogP contribution in [0.25, 0.3) is 0 Å². The van der Waals surface area contributed by atoms with Gasteiger partial charge in [-0.15, -0.1) is 0 Å². The molecule has 5 heteroatoms. The average molecular weight is 219 g/mol. The van der Waals surface area contributed by atoms with Gasteiger partial charge in [0.15, 0.2) is 0 Å². The Bertz CT molecular complexity index is 341. The zero-order valence-electron chi connectivity index (χ0n) is 6.92.